The third kappa shape index (κ3) is 4.95. The van der Waals surface area contributed by atoms with Crippen molar-refractivity contribution >= 4 is 11.7 Å². The molecule has 0 radical (unpaired) electrons. The minimum atomic E-state index is -0.772. The normalized spacial score (nSPS) is 10.2. The van der Waals surface area contributed by atoms with E-state index in [4.69, 9.17) is 4.74 Å². The number of carbonyl (C=O) groups excluding carboxylic acids is 1. The van der Waals surface area contributed by atoms with E-state index in [0.717, 1.165) is 29.8 Å². The molecule has 0 unspecified atom stereocenters. The minimum absolute atomic E-state index is 0.0510. The Morgan fingerprint density at radius 1 is 1.17 bits per heavy atom. The van der Waals surface area contributed by atoms with Gasteiger partial charge in [0.2, 0.25) is 0 Å². The van der Waals surface area contributed by atoms with Gasteiger partial charge in [0.1, 0.15) is 12.4 Å². The Morgan fingerprint density at radius 2 is 1.96 bits per heavy atom. The van der Waals surface area contributed by atoms with E-state index < -0.39 is 11.6 Å². The van der Waals surface area contributed by atoms with Crippen LogP contribution >= 0.6 is 0 Å². The molecule has 0 saturated heterocycles. The lowest BCUT2D eigenvalue weighted by atomic mass is 10.1. The van der Waals surface area contributed by atoms with Gasteiger partial charge in [-0.25, -0.2) is 13.6 Å². The van der Waals surface area contributed by atoms with Gasteiger partial charge >= 0.3 is 6.03 Å². The molecule has 23 heavy (non-hydrogen) atoms. The van der Waals surface area contributed by atoms with Gasteiger partial charge in [-0.15, -0.1) is 0 Å². The van der Waals surface area contributed by atoms with Crippen LogP contribution in [0.3, 0.4) is 0 Å². The maximum Gasteiger partial charge on any atom is 0.319 e. The topological polar surface area (TPSA) is 50.4 Å². The lowest BCUT2D eigenvalue weighted by Crippen LogP contribution is -2.32. The van der Waals surface area contributed by atoms with Gasteiger partial charge in [0, 0.05) is 11.8 Å². The summed E-state index contributed by atoms with van der Waals surface area (Å²) >= 11 is 0. The summed E-state index contributed by atoms with van der Waals surface area (Å²) in [7, 11) is 0. The van der Waals surface area contributed by atoms with Crippen LogP contribution in [0, 0.1) is 11.6 Å². The number of anilines is 1. The van der Waals surface area contributed by atoms with Gasteiger partial charge < -0.3 is 15.4 Å². The number of halogens is 2. The number of urea groups is 1. The van der Waals surface area contributed by atoms with Gasteiger partial charge in [-0.3, -0.25) is 0 Å². The van der Waals surface area contributed by atoms with Crippen molar-refractivity contribution in [1.82, 2.24) is 5.32 Å². The summed E-state index contributed by atoms with van der Waals surface area (Å²) in [5, 5.41) is 5.36. The highest BCUT2D eigenvalue weighted by Gasteiger charge is 2.06. The first-order valence-corrected chi connectivity index (χ1v) is 7.30. The van der Waals surface area contributed by atoms with E-state index in [9.17, 15) is 13.6 Å². The van der Waals surface area contributed by atoms with Crippen LogP contribution in [0.25, 0.3) is 0 Å². The molecular formula is C17H18F2N2O2. The van der Waals surface area contributed by atoms with E-state index in [1.54, 1.807) is 0 Å². The highest BCUT2D eigenvalue weighted by atomic mass is 19.1. The van der Waals surface area contributed by atoms with E-state index in [-0.39, 0.29) is 24.9 Å². The maximum absolute atomic E-state index is 13.3. The molecule has 0 aliphatic carbocycles. The molecule has 0 aromatic heterocycles. The zero-order valence-electron chi connectivity index (χ0n) is 12.7. The van der Waals surface area contributed by atoms with E-state index in [0.29, 0.717) is 0 Å². The second-order valence-electron chi connectivity index (χ2n) is 4.81. The molecule has 4 nitrogen and oxygen atoms in total. The fourth-order valence-corrected chi connectivity index (χ4v) is 2.03. The fraction of sp³-hybridized carbons (Fsp3) is 0.235. The third-order valence-electron chi connectivity index (χ3n) is 3.19. The molecule has 0 fully saturated rings. The van der Waals surface area contributed by atoms with Crippen LogP contribution < -0.4 is 15.4 Å². The molecule has 2 aromatic rings. The van der Waals surface area contributed by atoms with Crippen molar-refractivity contribution in [3.05, 3.63) is 59.7 Å². The summed E-state index contributed by atoms with van der Waals surface area (Å²) in [6.07, 6.45) is 0.809. The quantitative estimate of drug-likeness (QED) is 0.797. The molecule has 0 aliphatic rings. The molecule has 0 aliphatic heterocycles. The Bertz CT molecular complexity index is 677. The maximum atomic E-state index is 13.3. The highest BCUT2D eigenvalue weighted by Crippen LogP contribution is 2.17. The Labute approximate surface area is 133 Å². The smallest absolute Gasteiger partial charge is 0.319 e. The Morgan fingerprint density at radius 3 is 2.70 bits per heavy atom. The number of aryl methyl sites for hydroxylation is 1. The average molecular weight is 320 g/mol. The lowest BCUT2D eigenvalue weighted by molar-refractivity contribution is 0.246. The van der Waals surface area contributed by atoms with Gasteiger partial charge in [0.05, 0.1) is 6.54 Å². The van der Waals surface area contributed by atoms with Crippen molar-refractivity contribution in [2.24, 2.45) is 0 Å². The predicted octanol–water partition coefficient (Wildman–Crippen LogP) is 3.73. The number of carbonyl (C=O) groups is 1. The molecule has 2 aromatic carbocycles. The standard InChI is InChI=1S/C17H18F2N2O2/c1-2-12-5-3-4-6-15(12)21-17(22)20-9-10-23-16-8-7-13(18)11-14(16)19/h3-8,11H,2,9-10H2,1H3,(H2,20,21,22). The highest BCUT2D eigenvalue weighted by molar-refractivity contribution is 5.90. The molecule has 0 bridgehead atoms. The Balaban J connectivity index is 1.76. The summed E-state index contributed by atoms with van der Waals surface area (Å²) in [5.41, 5.74) is 1.78. The van der Waals surface area contributed by atoms with Gasteiger partial charge in [-0.2, -0.15) is 0 Å². The minimum Gasteiger partial charge on any atom is -0.489 e. The number of rotatable bonds is 6. The SMILES string of the molecule is CCc1ccccc1NC(=O)NCCOc1ccc(F)cc1F. The largest absolute Gasteiger partial charge is 0.489 e. The molecule has 0 atom stereocenters. The van der Waals surface area contributed by atoms with Crippen molar-refractivity contribution in [1.29, 1.82) is 0 Å². The van der Waals surface area contributed by atoms with Gasteiger partial charge in [-0.05, 0) is 30.2 Å². The number of amides is 2. The average Bonchev–Trinajstić information content (AvgIpc) is 2.53. The van der Waals surface area contributed by atoms with E-state index in [1.165, 1.54) is 6.07 Å². The van der Waals surface area contributed by atoms with Crippen LogP contribution in [0.2, 0.25) is 0 Å². The second kappa shape index (κ2) is 8.12. The van der Waals surface area contributed by atoms with Crippen LogP contribution in [0.4, 0.5) is 19.3 Å². The first kappa shape index (κ1) is 16.7. The second-order valence-corrected chi connectivity index (χ2v) is 4.81. The van der Waals surface area contributed by atoms with Crippen LogP contribution in [-0.4, -0.2) is 19.2 Å². The monoisotopic (exact) mass is 320 g/mol. The van der Waals surface area contributed by atoms with Crippen molar-refractivity contribution in [3.63, 3.8) is 0 Å². The zero-order valence-corrected chi connectivity index (χ0v) is 12.7. The number of benzene rings is 2. The zero-order chi connectivity index (χ0) is 16.7. The number of nitrogens with one attached hydrogen (secondary N) is 2. The molecular weight excluding hydrogens is 302 g/mol. The Kier molecular flexibility index (Phi) is 5.91. The molecule has 0 saturated carbocycles. The number of para-hydroxylation sites is 1. The Hall–Kier alpha value is -2.63. The number of hydrogen-bond donors (Lipinski definition) is 2. The van der Waals surface area contributed by atoms with Gasteiger partial charge in [0.25, 0.3) is 0 Å². The summed E-state index contributed by atoms with van der Waals surface area (Å²) in [5.74, 6) is -1.49. The van der Waals surface area contributed by atoms with Crippen molar-refractivity contribution in [2.45, 2.75) is 13.3 Å². The summed E-state index contributed by atoms with van der Waals surface area (Å²) in [6, 6.07) is 10.2. The fourth-order valence-electron chi connectivity index (χ4n) is 2.03. The number of hydrogen-bond acceptors (Lipinski definition) is 2. The third-order valence-corrected chi connectivity index (χ3v) is 3.19. The molecule has 2 rings (SSSR count). The summed E-state index contributed by atoms with van der Waals surface area (Å²) in [4.78, 5) is 11.8. The molecule has 0 spiro atoms. The molecule has 2 N–H and O–H groups in total. The van der Waals surface area contributed by atoms with Crippen molar-refractivity contribution in [2.75, 3.05) is 18.5 Å². The van der Waals surface area contributed by atoms with Crippen LogP contribution in [0.1, 0.15) is 12.5 Å². The van der Waals surface area contributed by atoms with Crippen LogP contribution in [0.15, 0.2) is 42.5 Å². The predicted molar refractivity (Wildman–Crippen MR) is 84.7 cm³/mol. The van der Waals surface area contributed by atoms with Crippen molar-refractivity contribution in [3.8, 4) is 5.75 Å². The van der Waals surface area contributed by atoms with E-state index in [2.05, 4.69) is 10.6 Å². The van der Waals surface area contributed by atoms with E-state index >= 15 is 0 Å². The summed E-state index contributed by atoms with van der Waals surface area (Å²) < 4.78 is 31.2. The summed E-state index contributed by atoms with van der Waals surface area (Å²) in [6.45, 7) is 2.27. The molecule has 0 heterocycles. The van der Waals surface area contributed by atoms with Crippen LogP contribution in [0.5, 0.6) is 5.75 Å². The van der Waals surface area contributed by atoms with E-state index in [1.807, 2.05) is 31.2 Å². The number of ether oxygens (including phenoxy) is 1. The van der Waals surface area contributed by atoms with Crippen LogP contribution in [-0.2, 0) is 6.42 Å². The molecule has 122 valence electrons. The first-order chi connectivity index (χ1) is 11.1. The van der Waals surface area contributed by atoms with Crippen molar-refractivity contribution < 1.29 is 18.3 Å². The first-order valence-electron chi connectivity index (χ1n) is 7.30. The molecule has 2 amide bonds. The van der Waals surface area contributed by atoms with Gasteiger partial charge in [-0.1, -0.05) is 25.1 Å². The molecule has 6 heteroatoms. The lowest BCUT2D eigenvalue weighted by Gasteiger charge is -2.11. The van der Waals surface area contributed by atoms with Gasteiger partial charge in [0.15, 0.2) is 11.6 Å².